The third-order valence-electron chi connectivity index (χ3n) is 6.35. The van der Waals surface area contributed by atoms with Crippen LogP contribution in [0.3, 0.4) is 0 Å². The molecule has 31 heavy (non-hydrogen) atoms. The van der Waals surface area contributed by atoms with Crippen LogP contribution in [0.25, 0.3) is 0 Å². The average Bonchev–Trinajstić information content (AvgIpc) is 3.45. The van der Waals surface area contributed by atoms with E-state index in [1.807, 2.05) is 48.5 Å². The van der Waals surface area contributed by atoms with Gasteiger partial charge in [-0.2, -0.15) is 0 Å². The van der Waals surface area contributed by atoms with Crippen LogP contribution in [0.5, 0.6) is 5.75 Å². The van der Waals surface area contributed by atoms with Gasteiger partial charge < -0.3 is 15.0 Å². The first kappa shape index (κ1) is 21.4. The van der Waals surface area contributed by atoms with Crippen LogP contribution in [0, 0.1) is 5.92 Å². The second-order valence-corrected chi connectivity index (χ2v) is 8.41. The summed E-state index contributed by atoms with van der Waals surface area (Å²) in [6, 6.07) is 18.0. The molecule has 2 aromatic carbocycles. The summed E-state index contributed by atoms with van der Waals surface area (Å²) in [6.07, 6.45) is 2.62. The fraction of sp³-hybridized carbons (Fsp3) is 0.440. The second kappa shape index (κ2) is 9.96. The molecule has 0 radical (unpaired) electrons. The van der Waals surface area contributed by atoms with Gasteiger partial charge in [0.2, 0.25) is 11.8 Å². The molecular weight excluding hydrogens is 390 g/mol. The average molecular weight is 422 g/mol. The van der Waals surface area contributed by atoms with E-state index >= 15 is 0 Å². The minimum Gasteiger partial charge on any atom is -0.496 e. The van der Waals surface area contributed by atoms with E-state index in [2.05, 4.69) is 16.3 Å². The van der Waals surface area contributed by atoms with E-state index in [9.17, 15) is 9.59 Å². The van der Waals surface area contributed by atoms with Gasteiger partial charge in [0, 0.05) is 31.6 Å². The zero-order valence-corrected chi connectivity index (χ0v) is 18.1. The van der Waals surface area contributed by atoms with Gasteiger partial charge in [0.25, 0.3) is 0 Å². The molecule has 2 atom stereocenters. The lowest BCUT2D eigenvalue weighted by Crippen LogP contribution is -2.40. The van der Waals surface area contributed by atoms with Crippen molar-refractivity contribution in [1.82, 2.24) is 15.1 Å². The first-order valence-electron chi connectivity index (χ1n) is 11.1. The van der Waals surface area contributed by atoms with Crippen LogP contribution >= 0.6 is 0 Å². The van der Waals surface area contributed by atoms with Crippen LogP contribution in [0.2, 0.25) is 0 Å². The third kappa shape index (κ3) is 5.07. The molecule has 0 saturated carbocycles. The highest BCUT2D eigenvalue weighted by Crippen LogP contribution is 2.31. The van der Waals surface area contributed by atoms with Crippen molar-refractivity contribution < 1.29 is 14.3 Å². The molecule has 2 aromatic rings. The maximum absolute atomic E-state index is 13.0. The number of rotatable bonds is 8. The van der Waals surface area contributed by atoms with Gasteiger partial charge in [-0.25, -0.2) is 0 Å². The van der Waals surface area contributed by atoms with Gasteiger partial charge in [-0.1, -0.05) is 48.5 Å². The number of hydrogen-bond acceptors (Lipinski definition) is 4. The quantitative estimate of drug-likeness (QED) is 0.712. The number of carbonyl (C=O) groups excluding carboxylic acids is 2. The smallest absolute Gasteiger partial charge is 0.225 e. The van der Waals surface area contributed by atoms with Crippen LogP contribution in [0.4, 0.5) is 0 Å². The Morgan fingerprint density at radius 3 is 2.55 bits per heavy atom. The molecule has 2 fully saturated rings. The summed E-state index contributed by atoms with van der Waals surface area (Å²) in [7, 11) is 1.68. The predicted molar refractivity (Wildman–Crippen MR) is 120 cm³/mol. The Labute approximate surface area is 184 Å². The van der Waals surface area contributed by atoms with Gasteiger partial charge in [-0.05, 0) is 37.6 Å². The topological polar surface area (TPSA) is 61.9 Å². The van der Waals surface area contributed by atoms with Crippen molar-refractivity contribution in [3.8, 4) is 5.75 Å². The van der Waals surface area contributed by atoms with Crippen molar-refractivity contribution >= 4 is 11.8 Å². The highest BCUT2D eigenvalue weighted by molar-refractivity contribution is 5.89. The Morgan fingerprint density at radius 2 is 1.81 bits per heavy atom. The fourth-order valence-corrected chi connectivity index (χ4v) is 4.68. The SMILES string of the molecule is COc1ccccc1[C@H](CNC(=O)[C@@H]1CC(=O)N(Cc2ccccc2)C1)N1CCCC1. The summed E-state index contributed by atoms with van der Waals surface area (Å²) in [5.74, 6) is 0.555. The van der Waals surface area contributed by atoms with Crippen molar-refractivity contribution in [2.75, 3.05) is 33.3 Å². The number of ether oxygens (including phenoxy) is 1. The molecule has 1 N–H and O–H groups in total. The largest absolute Gasteiger partial charge is 0.496 e. The monoisotopic (exact) mass is 421 g/mol. The van der Waals surface area contributed by atoms with Crippen LogP contribution < -0.4 is 10.1 Å². The lowest BCUT2D eigenvalue weighted by atomic mass is 10.0. The lowest BCUT2D eigenvalue weighted by molar-refractivity contribution is -0.129. The number of amides is 2. The zero-order valence-electron chi connectivity index (χ0n) is 18.1. The fourth-order valence-electron chi connectivity index (χ4n) is 4.68. The van der Waals surface area contributed by atoms with Crippen LogP contribution in [-0.2, 0) is 16.1 Å². The van der Waals surface area contributed by atoms with Crippen LogP contribution in [0.15, 0.2) is 54.6 Å². The van der Waals surface area contributed by atoms with E-state index in [1.54, 1.807) is 12.0 Å². The number of hydrogen-bond donors (Lipinski definition) is 1. The van der Waals surface area contributed by atoms with Crippen molar-refractivity contribution in [3.05, 3.63) is 65.7 Å². The molecule has 164 valence electrons. The molecule has 4 rings (SSSR count). The number of benzene rings is 2. The molecule has 2 heterocycles. The van der Waals surface area contributed by atoms with Gasteiger partial charge in [-0.3, -0.25) is 14.5 Å². The van der Waals surface area contributed by atoms with Gasteiger partial charge in [-0.15, -0.1) is 0 Å². The third-order valence-corrected chi connectivity index (χ3v) is 6.35. The lowest BCUT2D eigenvalue weighted by Gasteiger charge is -2.29. The highest BCUT2D eigenvalue weighted by atomic mass is 16.5. The van der Waals surface area contributed by atoms with E-state index in [1.165, 1.54) is 12.8 Å². The summed E-state index contributed by atoms with van der Waals surface area (Å²) in [5, 5.41) is 3.14. The number of carbonyl (C=O) groups is 2. The van der Waals surface area contributed by atoms with Crippen LogP contribution in [-0.4, -0.2) is 54.9 Å². The highest BCUT2D eigenvalue weighted by Gasteiger charge is 2.35. The summed E-state index contributed by atoms with van der Waals surface area (Å²) in [6.45, 7) is 3.59. The van der Waals surface area contributed by atoms with E-state index in [4.69, 9.17) is 4.74 Å². The van der Waals surface area contributed by atoms with Gasteiger partial charge >= 0.3 is 0 Å². The molecule has 0 bridgehead atoms. The number of methoxy groups -OCH3 is 1. The number of likely N-dealkylation sites (tertiary alicyclic amines) is 2. The van der Waals surface area contributed by atoms with Gasteiger partial charge in [0.05, 0.1) is 19.1 Å². The van der Waals surface area contributed by atoms with E-state index in [-0.39, 0.29) is 30.2 Å². The molecule has 0 spiro atoms. The summed E-state index contributed by atoms with van der Waals surface area (Å²) in [4.78, 5) is 29.6. The van der Waals surface area contributed by atoms with Crippen molar-refractivity contribution in [3.63, 3.8) is 0 Å². The number of nitrogens with zero attached hydrogens (tertiary/aromatic N) is 2. The molecule has 2 aliphatic heterocycles. The first-order valence-corrected chi connectivity index (χ1v) is 11.1. The molecule has 0 aromatic heterocycles. The minimum atomic E-state index is -0.298. The van der Waals surface area contributed by atoms with E-state index in [0.717, 1.165) is 30.0 Å². The molecule has 2 saturated heterocycles. The molecule has 6 heteroatoms. The number of para-hydroxylation sites is 1. The Morgan fingerprint density at radius 1 is 1.10 bits per heavy atom. The van der Waals surface area contributed by atoms with Crippen molar-refractivity contribution in [2.45, 2.75) is 31.8 Å². The molecule has 0 unspecified atom stereocenters. The number of nitrogens with one attached hydrogen (secondary N) is 1. The predicted octanol–water partition coefficient (Wildman–Crippen LogP) is 3.00. The Balaban J connectivity index is 1.39. The summed E-state index contributed by atoms with van der Waals surface area (Å²) >= 11 is 0. The maximum atomic E-state index is 13.0. The molecule has 6 nitrogen and oxygen atoms in total. The molecular formula is C25H31N3O3. The summed E-state index contributed by atoms with van der Waals surface area (Å²) in [5.41, 5.74) is 2.18. The minimum absolute atomic E-state index is 0.0389. The standard InChI is InChI=1S/C25H31N3O3/c1-31-23-12-6-5-11-21(23)22(27-13-7-8-14-27)16-26-25(30)20-15-24(29)28(18-20)17-19-9-3-2-4-10-19/h2-6,9-12,20,22H,7-8,13-18H2,1H3,(H,26,30)/t20-,22+/m1/s1. The van der Waals surface area contributed by atoms with E-state index in [0.29, 0.717) is 19.6 Å². The second-order valence-electron chi connectivity index (χ2n) is 8.41. The zero-order chi connectivity index (χ0) is 21.6. The van der Waals surface area contributed by atoms with Crippen molar-refractivity contribution in [2.24, 2.45) is 5.92 Å². The normalized spacial score (nSPS) is 20.1. The van der Waals surface area contributed by atoms with Gasteiger partial charge in [0.1, 0.15) is 5.75 Å². The Bertz CT molecular complexity index is 896. The van der Waals surface area contributed by atoms with Crippen LogP contribution in [0.1, 0.15) is 36.4 Å². The Kier molecular flexibility index (Phi) is 6.87. The Hall–Kier alpha value is -2.86. The van der Waals surface area contributed by atoms with Gasteiger partial charge in [0.15, 0.2) is 0 Å². The first-order chi connectivity index (χ1) is 15.2. The molecule has 2 aliphatic rings. The molecule has 0 aliphatic carbocycles. The van der Waals surface area contributed by atoms with Crippen molar-refractivity contribution in [1.29, 1.82) is 0 Å². The maximum Gasteiger partial charge on any atom is 0.225 e. The van der Waals surface area contributed by atoms with E-state index < -0.39 is 0 Å². The summed E-state index contributed by atoms with van der Waals surface area (Å²) < 4.78 is 5.59. The molecule has 2 amide bonds.